The maximum atomic E-state index is 11.9. The van der Waals surface area contributed by atoms with Crippen LogP contribution in [0.3, 0.4) is 0 Å². The van der Waals surface area contributed by atoms with Crippen molar-refractivity contribution in [2.24, 2.45) is 5.73 Å². The normalized spacial score (nSPS) is 22.0. The van der Waals surface area contributed by atoms with Gasteiger partial charge in [0.2, 0.25) is 0 Å². The van der Waals surface area contributed by atoms with Crippen LogP contribution in [0.5, 0.6) is 0 Å². The molecule has 1 atom stereocenters. The average Bonchev–Trinajstić information content (AvgIpc) is 2.56. The molecule has 1 saturated carbocycles. The summed E-state index contributed by atoms with van der Waals surface area (Å²) >= 11 is 0. The first-order valence-corrected chi connectivity index (χ1v) is 6.62. The quantitative estimate of drug-likeness (QED) is 0.747. The highest BCUT2D eigenvalue weighted by Crippen LogP contribution is 2.27. The van der Waals surface area contributed by atoms with Gasteiger partial charge in [-0.1, -0.05) is 12.8 Å². The largest absolute Gasteiger partial charge is 0.330 e. The van der Waals surface area contributed by atoms with Crippen LogP contribution in [0.4, 0.5) is 0 Å². The standard InChI is InChI=1S/C9H19NO2S/c1-8(6-7-10)13(11,12)9-4-2-3-5-9/h8-9H,2-7,10H2,1H3. The van der Waals surface area contributed by atoms with Crippen molar-refractivity contribution in [3.05, 3.63) is 0 Å². The summed E-state index contributed by atoms with van der Waals surface area (Å²) < 4.78 is 23.7. The molecular formula is C9H19NO2S. The van der Waals surface area contributed by atoms with Crippen molar-refractivity contribution >= 4 is 9.84 Å². The molecule has 1 unspecified atom stereocenters. The minimum absolute atomic E-state index is 0.0750. The van der Waals surface area contributed by atoms with Crippen molar-refractivity contribution in [3.8, 4) is 0 Å². The van der Waals surface area contributed by atoms with Gasteiger partial charge in [0.25, 0.3) is 0 Å². The van der Waals surface area contributed by atoms with Gasteiger partial charge in [0.05, 0.1) is 10.5 Å². The molecule has 0 bridgehead atoms. The molecule has 4 heteroatoms. The van der Waals surface area contributed by atoms with Crippen molar-refractivity contribution in [2.45, 2.75) is 49.5 Å². The van der Waals surface area contributed by atoms with Crippen molar-refractivity contribution < 1.29 is 8.42 Å². The zero-order valence-electron chi connectivity index (χ0n) is 8.20. The Morgan fingerprint density at radius 2 is 1.92 bits per heavy atom. The third kappa shape index (κ3) is 2.44. The second kappa shape index (κ2) is 4.42. The summed E-state index contributed by atoms with van der Waals surface area (Å²) in [7, 11) is -2.88. The molecule has 0 aromatic carbocycles. The minimum Gasteiger partial charge on any atom is -0.330 e. The average molecular weight is 205 g/mol. The molecule has 3 nitrogen and oxygen atoms in total. The first kappa shape index (κ1) is 11.0. The highest BCUT2D eigenvalue weighted by molar-refractivity contribution is 7.92. The summed E-state index contributed by atoms with van der Waals surface area (Å²) in [6.07, 6.45) is 4.45. The van der Waals surface area contributed by atoms with Gasteiger partial charge in [0.1, 0.15) is 0 Å². The molecule has 0 radical (unpaired) electrons. The summed E-state index contributed by atoms with van der Waals surface area (Å²) in [4.78, 5) is 0. The summed E-state index contributed by atoms with van der Waals surface area (Å²) in [5, 5.41) is -0.324. The van der Waals surface area contributed by atoms with Crippen LogP contribution in [0.25, 0.3) is 0 Å². The molecule has 1 fully saturated rings. The molecule has 0 spiro atoms. The van der Waals surface area contributed by atoms with Crippen LogP contribution in [0.2, 0.25) is 0 Å². The summed E-state index contributed by atoms with van der Waals surface area (Å²) in [5.41, 5.74) is 5.36. The van der Waals surface area contributed by atoms with E-state index in [1.165, 1.54) is 0 Å². The molecule has 2 N–H and O–H groups in total. The Morgan fingerprint density at radius 3 is 2.38 bits per heavy atom. The van der Waals surface area contributed by atoms with Crippen LogP contribution < -0.4 is 5.73 Å². The van der Waals surface area contributed by atoms with Gasteiger partial charge in [-0.25, -0.2) is 8.42 Å². The molecule has 0 saturated heterocycles. The first-order chi connectivity index (χ1) is 6.09. The molecule has 78 valence electrons. The summed E-state index contributed by atoms with van der Waals surface area (Å²) in [6, 6.07) is 0. The topological polar surface area (TPSA) is 60.2 Å². The van der Waals surface area contributed by atoms with Crippen molar-refractivity contribution in [2.75, 3.05) is 6.54 Å². The summed E-state index contributed by atoms with van der Waals surface area (Å²) in [5.74, 6) is 0. The molecule has 0 aliphatic heterocycles. The van der Waals surface area contributed by atoms with Crippen molar-refractivity contribution in [1.82, 2.24) is 0 Å². The lowest BCUT2D eigenvalue weighted by Gasteiger charge is -2.16. The molecule has 0 amide bonds. The SMILES string of the molecule is CC(CCN)S(=O)(=O)C1CCCC1. The molecule has 1 aliphatic rings. The van der Waals surface area contributed by atoms with Gasteiger partial charge in [-0.15, -0.1) is 0 Å². The van der Waals surface area contributed by atoms with E-state index in [4.69, 9.17) is 5.73 Å². The Hall–Kier alpha value is -0.0900. The van der Waals surface area contributed by atoms with E-state index in [0.29, 0.717) is 13.0 Å². The third-order valence-corrected chi connectivity index (χ3v) is 5.66. The number of hydrogen-bond acceptors (Lipinski definition) is 3. The van der Waals surface area contributed by atoms with Gasteiger partial charge >= 0.3 is 0 Å². The van der Waals surface area contributed by atoms with E-state index in [1.807, 2.05) is 0 Å². The first-order valence-electron chi connectivity index (χ1n) is 5.02. The molecule has 0 aromatic heterocycles. The molecule has 13 heavy (non-hydrogen) atoms. The highest BCUT2D eigenvalue weighted by atomic mass is 32.2. The van der Waals surface area contributed by atoms with E-state index in [9.17, 15) is 8.42 Å². The van der Waals surface area contributed by atoms with E-state index >= 15 is 0 Å². The zero-order chi connectivity index (χ0) is 9.90. The second-order valence-corrected chi connectivity index (χ2v) is 6.53. The smallest absolute Gasteiger partial charge is 0.155 e. The minimum atomic E-state index is -2.88. The Morgan fingerprint density at radius 1 is 1.38 bits per heavy atom. The van der Waals surface area contributed by atoms with E-state index in [1.54, 1.807) is 6.92 Å². The van der Waals surface area contributed by atoms with E-state index in [0.717, 1.165) is 25.7 Å². The third-order valence-electron chi connectivity index (χ3n) is 2.90. The second-order valence-electron chi connectivity index (χ2n) is 3.88. The van der Waals surface area contributed by atoms with Crippen molar-refractivity contribution in [1.29, 1.82) is 0 Å². The fourth-order valence-corrected chi connectivity index (χ4v) is 4.06. The van der Waals surface area contributed by atoms with Crippen LogP contribution in [-0.2, 0) is 9.84 Å². The Labute approximate surface area is 80.6 Å². The zero-order valence-corrected chi connectivity index (χ0v) is 9.02. The predicted molar refractivity (Wildman–Crippen MR) is 54.3 cm³/mol. The Bertz CT molecular complexity index is 242. The lowest BCUT2D eigenvalue weighted by Crippen LogP contribution is -2.29. The molecule has 0 aromatic rings. The molecule has 0 heterocycles. The fourth-order valence-electron chi connectivity index (χ4n) is 1.94. The Kier molecular flexibility index (Phi) is 3.74. The number of rotatable bonds is 4. The van der Waals surface area contributed by atoms with Gasteiger partial charge in [-0.3, -0.25) is 0 Å². The van der Waals surface area contributed by atoms with Crippen LogP contribution in [0, 0.1) is 0 Å². The van der Waals surface area contributed by atoms with Gasteiger partial charge in [0, 0.05) is 0 Å². The maximum Gasteiger partial charge on any atom is 0.155 e. The van der Waals surface area contributed by atoms with E-state index < -0.39 is 9.84 Å². The van der Waals surface area contributed by atoms with Crippen LogP contribution >= 0.6 is 0 Å². The monoisotopic (exact) mass is 205 g/mol. The lowest BCUT2D eigenvalue weighted by atomic mass is 10.3. The lowest BCUT2D eigenvalue weighted by molar-refractivity contribution is 0.561. The molecule has 1 aliphatic carbocycles. The molecular weight excluding hydrogens is 186 g/mol. The summed E-state index contributed by atoms with van der Waals surface area (Å²) in [6.45, 7) is 2.24. The van der Waals surface area contributed by atoms with Gasteiger partial charge in [-0.05, 0) is 32.7 Å². The van der Waals surface area contributed by atoms with Crippen LogP contribution in [-0.4, -0.2) is 25.5 Å². The number of sulfone groups is 1. The number of hydrogen-bond donors (Lipinski definition) is 1. The fraction of sp³-hybridized carbons (Fsp3) is 1.00. The predicted octanol–water partition coefficient (Wildman–Crippen LogP) is 1.08. The van der Waals surface area contributed by atoms with Gasteiger partial charge in [-0.2, -0.15) is 0 Å². The van der Waals surface area contributed by atoms with Gasteiger partial charge in [0.15, 0.2) is 9.84 Å². The molecule has 1 rings (SSSR count). The van der Waals surface area contributed by atoms with Gasteiger partial charge < -0.3 is 5.73 Å². The van der Waals surface area contributed by atoms with Crippen LogP contribution in [0.1, 0.15) is 39.0 Å². The van der Waals surface area contributed by atoms with Crippen LogP contribution in [0.15, 0.2) is 0 Å². The van der Waals surface area contributed by atoms with Crippen molar-refractivity contribution in [3.63, 3.8) is 0 Å². The highest BCUT2D eigenvalue weighted by Gasteiger charge is 2.32. The van der Waals surface area contributed by atoms with E-state index in [2.05, 4.69) is 0 Å². The maximum absolute atomic E-state index is 11.9. The van der Waals surface area contributed by atoms with E-state index in [-0.39, 0.29) is 10.5 Å². The number of nitrogens with two attached hydrogens (primary N) is 1. The Balaban J connectivity index is 2.63.